The summed E-state index contributed by atoms with van der Waals surface area (Å²) >= 11 is 0. The fraction of sp³-hybridized carbons (Fsp3) is 0.308. The van der Waals surface area contributed by atoms with E-state index in [0.29, 0.717) is 17.1 Å². The van der Waals surface area contributed by atoms with Gasteiger partial charge in [-0.15, -0.1) is 0 Å². The van der Waals surface area contributed by atoms with Crippen LogP contribution in [0.4, 0.5) is 5.82 Å². The zero-order chi connectivity index (χ0) is 12.8. The monoisotopic (exact) mass is 244 g/mol. The molecule has 0 aromatic carbocycles. The van der Waals surface area contributed by atoms with E-state index in [4.69, 9.17) is 4.74 Å². The second-order valence-electron chi connectivity index (χ2n) is 3.77. The van der Waals surface area contributed by atoms with Crippen molar-refractivity contribution in [3.05, 3.63) is 30.7 Å². The lowest BCUT2D eigenvalue weighted by molar-refractivity contribution is 0.414. The molecule has 0 bridgehead atoms. The molecule has 0 radical (unpaired) electrons. The second kappa shape index (κ2) is 5.95. The summed E-state index contributed by atoms with van der Waals surface area (Å²) < 4.78 is 5.27. The molecular weight excluding hydrogens is 228 g/mol. The smallest absolute Gasteiger partial charge is 0.146 e. The molecule has 0 aliphatic rings. The predicted octanol–water partition coefficient (Wildman–Crippen LogP) is 2.37. The zero-order valence-electron chi connectivity index (χ0n) is 10.6. The zero-order valence-corrected chi connectivity index (χ0v) is 10.6. The molecule has 2 rings (SSSR count). The summed E-state index contributed by atoms with van der Waals surface area (Å²) in [7, 11) is 1.62. The Balaban J connectivity index is 2.32. The van der Waals surface area contributed by atoms with Crippen LogP contribution in [0.1, 0.15) is 13.3 Å². The number of anilines is 1. The summed E-state index contributed by atoms with van der Waals surface area (Å²) in [5.41, 5.74) is 1.40. The standard InChI is InChI=1S/C13H16N4O/c1-3-6-15-12-9-14-8-10(17-12)13-11(18-2)5-4-7-16-13/h4-5,7-9H,3,6H2,1-2H3,(H,15,17). The van der Waals surface area contributed by atoms with Gasteiger partial charge in [0.2, 0.25) is 0 Å². The number of aromatic nitrogens is 3. The normalized spacial score (nSPS) is 10.1. The lowest BCUT2D eigenvalue weighted by atomic mass is 10.2. The third-order valence-corrected chi connectivity index (χ3v) is 2.42. The van der Waals surface area contributed by atoms with E-state index >= 15 is 0 Å². The van der Waals surface area contributed by atoms with Gasteiger partial charge in [-0.1, -0.05) is 6.92 Å². The Morgan fingerprint density at radius 2 is 2.22 bits per heavy atom. The lowest BCUT2D eigenvalue weighted by Gasteiger charge is -2.08. The van der Waals surface area contributed by atoms with Gasteiger partial charge >= 0.3 is 0 Å². The minimum atomic E-state index is 0.694. The fourth-order valence-corrected chi connectivity index (χ4v) is 1.57. The maximum absolute atomic E-state index is 5.27. The van der Waals surface area contributed by atoms with Crippen LogP contribution in [0.15, 0.2) is 30.7 Å². The van der Waals surface area contributed by atoms with Crippen LogP contribution in [0.5, 0.6) is 5.75 Å². The van der Waals surface area contributed by atoms with Crippen LogP contribution in [0.25, 0.3) is 11.4 Å². The topological polar surface area (TPSA) is 59.9 Å². The summed E-state index contributed by atoms with van der Waals surface area (Å²) in [6, 6.07) is 3.69. The first-order valence-electron chi connectivity index (χ1n) is 5.90. The van der Waals surface area contributed by atoms with Gasteiger partial charge in [0.15, 0.2) is 0 Å². The highest BCUT2D eigenvalue weighted by Crippen LogP contribution is 2.25. The molecular formula is C13H16N4O. The number of nitrogens with zero attached hydrogens (tertiary/aromatic N) is 3. The third-order valence-electron chi connectivity index (χ3n) is 2.42. The van der Waals surface area contributed by atoms with Gasteiger partial charge in [-0.25, -0.2) is 4.98 Å². The Morgan fingerprint density at radius 1 is 1.33 bits per heavy atom. The summed E-state index contributed by atoms with van der Waals surface area (Å²) in [5.74, 6) is 1.45. The Kier molecular flexibility index (Phi) is 4.06. The highest BCUT2D eigenvalue weighted by Gasteiger charge is 2.08. The van der Waals surface area contributed by atoms with Gasteiger partial charge in [-0.05, 0) is 18.6 Å². The van der Waals surface area contributed by atoms with Crippen LogP contribution < -0.4 is 10.1 Å². The number of hydrogen-bond acceptors (Lipinski definition) is 5. The van der Waals surface area contributed by atoms with Crippen LogP contribution in [-0.2, 0) is 0 Å². The summed E-state index contributed by atoms with van der Waals surface area (Å²) in [4.78, 5) is 12.9. The number of hydrogen-bond donors (Lipinski definition) is 1. The molecule has 18 heavy (non-hydrogen) atoms. The Labute approximate surface area is 106 Å². The van der Waals surface area contributed by atoms with Crippen LogP contribution in [0.3, 0.4) is 0 Å². The molecule has 2 heterocycles. The molecule has 2 aromatic rings. The molecule has 5 nitrogen and oxygen atoms in total. The fourth-order valence-electron chi connectivity index (χ4n) is 1.57. The van der Waals surface area contributed by atoms with E-state index in [9.17, 15) is 0 Å². The van der Waals surface area contributed by atoms with Crippen molar-refractivity contribution in [1.29, 1.82) is 0 Å². The molecule has 5 heteroatoms. The highest BCUT2D eigenvalue weighted by molar-refractivity contribution is 5.62. The van der Waals surface area contributed by atoms with Crippen molar-refractivity contribution < 1.29 is 4.74 Å². The molecule has 0 atom stereocenters. The largest absolute Gasteiger partial charge is 0.494 e. The van der Waals surface area contributed by atoms with Crippen LogP contribution in [-0.4, -0.2) is 28.6 Å². The minimum Gasteiger partial charge on any atom is -0.494 e. The van der Waals surface area contributed by atoms with Gasteiger partial charge < -0.3 is 10.1 Å². The summed E-state index contributed by atoms with van der Waals surface area (Å²) in [5, 5.41) is 3.20. The highest BCUT2D eigenvalue weighted by atomic mass is 16.5. The molecule has 0 aliphatic heterocycles. The van der Waals surface area contributed by atoms with Crippen LogP contribution >= 0.6 is 0 Å². The van der Waals surface area contributed by atoms with E-state index in [1.807, 2.05) is 12.1 Å². The molecule has 0 unspecified atom stereocenters. The molecule has 0 saturated carbocycles. The summed E-state index contributed by atoms with van der Waals surface area (Å²) in [6.45, 7) is 2.98. The number of ether oxygens (including phenoxy) is 1. The van der Waals surface area contributed by atoms with Gasteiger partial charge in [-0.3, -0.25) is 9.97 Å². The van der Waals surface area contributed by atoms with Crippen molar-refractivity contribution >= 4 is 5.82 Å². The molecule has 0 spiro atoms. The van der Waals surface area contributed by atoms with Crippen molar-refractivity contribution in [1.82, 2.24) is 15.0 Å². The van der Waals surface area contributed by atoms with E-state index in [1.165, 1.54) is 0 Å². The summed E-state index contributed by atoms with van der Waals surface area (Å²) in [6.07, 6.45) is 6.14. The van der Waals surface area contributed by atoms with Gasteiger partial charge in [-0.2, -0.15) is 0 Å². The van der Waals surface area contributed by atoms with E-state index in [1.54, 1.807) is 25.7 Å². The SMILES string of the molecule is CCCNc1cncc(-c2ncccc2OC)n1. The molecule has 0 fully saturated rings. The average Bonchev–Trinajstić information content (AvgIpc) is 2.45. The first-order chi connectivity index (χ1) is 8.85. The second-order valence-corrected chi connectivity index (χ2v) is 3.77. The van der Waals surface area contributed by atoms with Gasteiger partial charge in [0.05, 0.1) is 19.5 Å². The third kappa shape index (κ3) is 2.74. The average molecular weight is 244 g/mol. The van der Waals surface area contributed by atoms with E-state index in [0.717, 1.165) is 18.8 Å². The van der Waals surface area contributed by atoms with Crippen LogP contribution in [0, 0.1) is 0 Å². The van der Waals surface area contributed by atoms with Gasteiger partial charge in [0.1, 0.15) is 23.0 Å². The van der Waals surface area contributed by atoms with E-state index in [2.05, 4.69) is 27.2 Å². The minimum absolute atomic E-state index is 0.694. The Morgan fingerprint density at radius 3 is 3.00 bits per heavy atom. The molecule has 0 saturated heterocycles. The maximum atomic E-state index is 5.27. The maximum Gasteiger partial charge on any atom is 0.146 e. The van der Waals surface area contributed by atoms with Gasteiger partial charge in [0.25, 0.3) is 0 Å². The molecule has 2 aromatic heterocycles. The molecule has 0 amide bonds. The van der Waals surface area contributed by atoms with Crippen molar-refractivity contribution in [2.75, 3.05) is 19.0 Å². The van der Waals surface area contributed by atoms with Crippen molar-refractivity contribution in [2.24, 2.45) is 0 Å². The predicted molar refractivity (Wildman–Crippen MR) is 70.6 cm³/mol. The van der Waals surface area contributed by atoms with Crippen molar-refractivity contribution in [2.45, 2.75) is 13.3 Å². The lowest BCUT2D eigenvalue weighted by Crippen LogP contribution is -2.03. The molecule has 1 N–H and O–H groups in total. The number of nitrogens with one attached hydrogen (secondary N) is 1. The van der Waals surface area contributed by atoms with E-state index < -0.39 is 0 Å². The van der Waals surface area contributed by atoms with Crippen molar-refractivity contribution in [3.63, 3.8) is 0 Å². The Hall–Kier alpha value is -2.17. The van der Waals surface area contributed by atoms with Crippen molar-refractivity contribution in [3.8, 4) is 17.1 Å². The van der Waals surface area contributed by atoms with Crippen LogP contribution in [0.2, 0.25) is 0 Å². The van der Waals surface area contributed by atoms with E-state index in [-0.39, 0.29) is 0 Å². The molecule has 0 aliphatic carbocycles. The Bertz CT molecular complexity index is 516. The first-order valence-corrected chi connectivity index (χ1v) is 5.90. The number of rotatable bonds is 5. The van der Waals surface area contributed by atoms with Gasteiger partial charge in [0, 0.05) is 12.7 Å². The number of methoxy groups -OCH3 is 1. The quantitative estimate of drug-likeness (QED) is 0.875. The number of pyridine rings is 1. The first kappa shape index (κ1) is 12.3. The molecule has 94 valence electrons.